The molecule has 182 valence electrons. The summed E-state index contributed by atoms with van der Waals surface area (Å²) in [5, 5.41) is 17.3. The number of aromatic nitrogens is 2. The quantitative estimate of drug-likeness (QED) is 0.659. The number of aliphatic hydroxyl groups excluding tert-OH is 1. The highest BCUT2D eigenvalue weighted by atomic mass is 19.3. The lowest BCUT2D eigenvalue weighted by Crippen LogP contribution is -2.54. The van der Waals surface area contributed by atoms with Gasteiger partial charge in [-0.1, -0.05) is 0 Å². The molecule has 1 N–H and O–H groups in total. The normalized spacial score (nSPS) is 18.2. The lowest BCUT2D eigenvalue weighted by molar-refractivity contribution is 0.0348. The molecule has 0 saturated carbocycles. The Balaban J connectivity index is 1.76. The lowest BCUT2D eigenvalue weighted by atomic mass is 9.96. The minimum Gasteiger partial charge on any atom is -0.447 e. The Hall–Kier alpha value is -2.59. The number of aliphatic hydroxyl groups is 1. The van der Waals surface area contributed by atoms with Crippen LogP contribution in [0.2, 0.25) is 0 Å². The van der Waals surface area contributed by atoms with Crippen molar-refractivity contribution >= 4 is 6.09 Å². The maximum Gasteiger partial charge on any atom is 0.410 e. The van der Waals surface area contributed by atoms with E-state index in [4.69, 9.17) is 9.15 Å². The number of carbonyl (C=O) groups excluding carboxylic acids is 1. The van der Waals surface area contributed by atoms with Gasteiger partial charge in [0.2, 0.25) is 11.8 Å². The van der Waals surface area contributed by atoms with Gasteiger partial charge in [-0.3, -0.25) is 4.90 Å². The Morgan fingerprint density at radius 3 is 2.52 bits per heavy atom. The second-order valence-corrected chi connectivity index (χ2v) is 8.86. The van der Waals surface area contributed by atoms with E-state index in [0.717, 1.165) is 11.1 Å². The molecule has 0 unspecified atom stereocenters. The van der Waals surface area contributed by atoms with Crippen LogP contribution in [0.15, 0.2) is 16.5 Å². The summed E-state index contributed by atoms with van der Waals surface area (Å²) in [7, 11) is 0. The highest BCUT2D eigenvalue weighted by Gasteiger charge is 2.29. The molecule has 1 saturated heterocycles. The Kier molecular flexibility index (Phi) is 8.01. The largest absolute Gasteiger partial charge is 0.447 e. The first-order valence-corrected chi connectivity index (χ1v) is 11.2. The van der Waals surface area contributed by atoms with E-state index in [1.54, 1.807) is 11.0 Å². The van der Waals surface area contributed by atoms with Gasteiger partial charge >= 0.3 is 6.09 Å². The highest BCUT2D eigenvalue weighted by molar-refractivity contribution is 5.68. The molecule has 10 heteroatoms. The number of piperazine rings is 1. The summed E-state index contributed by atoms with van der Waals surface area (Å²) >= 11 is 0. The second kappa shape index (κ2) is 10.6. The maximum atomic E-state index is 13.6. The number of nitrogens with zero attached hydrogens (tertiary/aromatic N) is 4. The van der Waals surface area contributed by atoms with Crippen molar-refractivity contribution in [2.75, 3.05) is 19.6 Å². The Bertz CT molecular complexity index is 964. The molecular weight excluding hydrogens is 434 g/mol. The zero-order valence-electron chi connectivity index (χ0n) is 19.7. The average Bonchev–Trinajstić information content (AvgIpc) is 3.19. The summed E-state index contributed by atoms with van der Waals surface area (Å²) in [4.78, 5) is 16.2. The van der Waals surface area contributed by atoms with E-state index >= 15 is 0 Å². The summed E-state index contributed by atoms with van der Waals surface area (Å²) < 4.78 is 38.0. The van der Waals surface area contributed by atoms with Crippen molar-refractivity contribution < 1.29 is 27.8 Å². The van der Waals surface area contributed by atoms with Crippen molar-refractivity contribution in [3.05, 3.63) is 46.2 Å². The summed E-state index contributed by atoms with van der Waals surface area (Å²) in [5.74, 6) is 0.355. The molecule has 1 fully saturated rings. The summed E-state index contributed by atoms with van der Waals surface area (Å²) in [5.41, 5.74) is 2.29. The molecule has 3 rings (SSSR count). The Morgan fingerprint density at radius 2 is 1.94 bits per heavy atom. The fourth-order valence-corrected chi connectivity index (χ4v) is 3.97. The molecule has 33 heavy (non-hydrogen) atoms. The minimum atomic E-state index is -2.61. The predicted octanol–water partition coefficient (Wildman–Crippen LogP) is 4.01. The van der Waals surface area contributed by atoms with Gasteiger partial charge < -0.3 is 19.2 Å². The molecule has 2 aromatic rings. The molecule has 0 spiro atoms. The third-order valence-corrected chi connectivity index (χ3v) is 5.76. The van der Waals surface area contributed by atoms with Crippen molar-refractivity contribution in [1.29, 1.82) is 0 Å². The van der Waals surface area contributed by atoms with E-state index < -0.39 is 12.5 Å². The van der Waals surface area contributed by atoms with Crippen LogP contribution in [0.1, 0.15) is 74.3 Å². The lowest BCUT2D eigenvalue weighted by Gasteiger charge is -2.39. The van der Waals surface area contributed by atoms with Crippen molar-refractivity contribution in [3.63, 3.8) is 0 Å². The van der Waals surface area contributed by atoms with Gasteiger partial charge in [0.05, 0.1) is 12.5 Å². The summed E-state index contributed by atoms with van der Waals surface area (Å²) in [6.45, 7) is 11.2. The Morgan fingerprint density at radius 1 is 1.24 bits per heavy atom. The number of carbonyl (C=O) groups is 1. The van der Waals surface area contributed by atoms with Gasteiger partial charge in [0.25, 0.3) is 6.43 Å². The highest BCUT2D eigenvalue weighted by Crippen LogP contribution is 2.28. The van der Waals surface area contributed by atoms with Crippen LogP contribution in [0.3, 0.4) is 0 Å². The number of amides is 1. The maximum absolute atomic E-state index is 13.6. The number of hydrogen-bond donors (Lipinski definition) is 1. The van der Waals surface area contributed by atoms with Gasteiger partial charge in [-0.25, -0.2) is 13.6 Å². The van der Waals surface area contributed by atoms with E-state index in [1.807, 2.05) is 27.7 Å². The van der Waals surface area contributed by atoms with Gasteiger partial charge in [0.1, 0.15) is 6.10 Å². The zero-order chi connectivity index (χ0) is 24.3. The first kappa shape index (κ1) is 25.0. The van der Waals surface area contributed by atoms with Crippen LogP contribution in [0, 0.1) is 6.92 Å². The predicted molar refractivity (Wildman–Crippen MR) is 117 cm³/mol. The summed E-state index contributed by atoms with van der Waals surface area (Å²) in [6.07, 6.45) is -3.82. The number of rotatable bonds is 7. The average molecular weight is 467 g/mol. The first-order valence-electron chi connectivity index (χ1n) is 11.2. The number of alkyl halides is 2. The van der Waals surface area contributed by atoms with Gasteiger partial charge in [-0.15, -0.1) is 10.2 Å². The smallest absolute Gasteiger partial charge is 0.410 e. The SMILES string of the molecule is Cc1c(Cc2nnc([C@@H](C)O)o2)cc(C(F)F)cc1CN1CCN(C(=O)OC(C)C)[C@@H](C)C1. The monoisotopic (exact) mass is 466 g/mol. The van der Waals surface area contributed by atoms with Crippen molar-refractivity contribution in [3.8, 4) is 0 Å². The van der Waals surface area contributed by atoms with E-state index in [-0.39, 0.29) is 42.0 Å². The molecule has 1 aliphatic heterocycles. The molecule has 0 radical (unpaired) electrons. The molecule has 0 bridgehead atoms. The van der Waals surface area contributed by atoms with E-state index in [2.05, 4.69) is 15.1 Å². The standard InChI is InChI=1S/C23H32F2N4O4/c1-13(2)32-23(31)29-7-6-28(11-14(29)3)12-19-9-18(21(24)25)8-17(15(19)4)10-20-26-27-22(33-20)16(5)30/h8-9,13-14,16,21,30H,6-7,10-12H2,1-5H3/t14-,16+/m0/s1. The van der Waals surface area contributed by atoms with Gasteiger partial charge in [0, 0.05) is 37.8 Å². The van der Waals surface area contributed by atoms with Gasteiger partial charge in [0.15, 0.2) is 0 Å². The van der Waals surface area contributed by atoms with Crippen LogP contribution in [0.4, 0.5) is 13.6 Å². The third-order valence-electron chi connectivity index (χ3n) is 5.76. The van der Waals surface area contributed by atoms with Crippen LogP contribution in [-0.4, -0.2) is 63.0 Å². The van der Waals surface area contributed by atoms with Crippen LogP contribution in [-0.2, 0) is 17.7 Å². The fourth-order valence-electron chi connectivity index (χ4n) is 3.97. The summed E-state index contributed by atoms with van der Waals surface area (Å²) in [6, 6.07) is 2.96. The van der Waals surface area contributed by atoms with Crippen LogP contribution in [0.5, 0.6) is 0 Å². The van der Waals surface area contributed by atoms with Crippen LogP contribution < -0.4 is 0 Å². The van der Waals surface area contributed by atoms with Crippen LogP contribution in [0.25, 0.3) is 0 Å². The van der Waals surface area contributed by atoms with Gasteiger partial charge in [-0.2, -0.15) is 0 Å². The zero-order valence-corrected chi connectivity index (χ0v) is 19.7. The molecule has 1 aromatic heterocycles. The van der Waals surface area contributed by atoms with E-state index in [1.165, 1.54) is 13.0 Å². The molecule has 1 aliphatic rings. The van der Waals surface area contributed by atoms with Crippen molar-refractivity contribution in [2.24, 2.45) is 0 Å². The number of hydrogen-bond acceptors (Lipinski definition) is 7. The second-order valence-electron chi connectivity index (χ2n) is 8.86. The molecule has 0 aliphatic carbocycles. The topological polar surface area (TPSA) is 91.9 Å². The molecule has 1 aromatic carbocycles. The third kappa shape index (κ3) is 6.26. The van der Waals surface area contributed by atoms with Gasteiger partial charge in [-0.05, 0) is 63.4 Å². The number of benzene rings is 1. The fraction of sp³-hybridized carbons (Fsp3) is 0.609. The number of halogens is 2. The van der Waals surface area contributed by atoms with Crippen molar-refractivity contribution in [1.82, 2.24) is 20.0 Å². The molecule has 8 nitrogen and oxygen atoms in total. The number of ether oxygens (including phenoxy) is 1. The minimum absolute atomic E-state index is 0.0552. The van der Waals surface area contributed by atoms with E-state index in [9.17, 15) is 18.7 Å². The Labute approximate surface area is 192 Å². The van der Waals surface area contributed by atoms with E-state index in [0.29, 0.717) is 31.7 Å². The van der Waals surface area contributed by atoms with Crippen LogP contribution >= 0.6 is 0 Å². The first-order chi connectivity index (χ1) is 15.5. The molecule has 2 atom stereocenters. The van der Waals surface area contributed by atoms with Crippen molar-refractivity contribution in [2.45, 2.75) is 72.3 Å². The molecule has 2 heterocycles. The molecular formula is C23H32F2N4O4. The molecule has 1 amide bonds.